The van der Waals surface area contributed by atoms with Crippen LogP contribution in [0.5, 0.6) is 5.75 Å². The quantitative estimate of drug-likeness (QED) is 0.547. The molecule has 2 aromatic rings. The van der Waals surface area contributed by atoms with Crippen molar-refractivity contribution in [2.75, 3.05) is 11.9 Å². The van der Waals surface area contributed by atoms with Crippen LogP contribution in [0.25, 0.3) is 0 Å². The molecule has 2 N–H and O–H groups in total. The van der Waals surface area contributed by atoms with Gasteiger partial charge in [-0.05, 0) is 31.5 Å². The summed E-state index contributed by atoms with van der Waals surface area (Å²) in [4.78, 5) is 34.9. The lowest BCUT2D eigenvalue weighted by molar-refractivity contribution is -0.385. The van der Waals surface area contributed by atoms with Gasteiger partial charge in [0.2, 0.25) is 0 Å². The van der Waals surface area contributed by atoms with Gasteiger partial charge in [-0.25, -0.2) is 0 Å². The summed E-state index contributed by atoms with van der Waals surface area (Å²) < 4.78 is 5.26. The molecule has 0 aliphatic heterocycles. The fourth-order valence-corrected chi connectivity index (χ4v) is 2.25. The lowest BCUT2D eigenvalue weighted by atomic mass is 10.1. The third-order valence-corrected chi connectivity index (χ3v) is 3.86. The molecule has 0 aromatic heterocycles. The first-order valence-electron chi connectivity index (χ1n) is 8.48. The molecule has 1 atom stereocenters. The van der Waals surface area contributed by atoms with Crippen molar-refractivity contribution < 1.29 is 19.2 Å². The highest BCUT2D eigenvalue weighted by Gasteiger charge is 2.17. The molecule has 0 aliphatic rings. The molecule has 0 saturated carbocycles. The molecule has 0 radical (unpaired) electrons. The van der Waals surface area contributed by atoms with Crippen molar-refractivity contribution in [1.29, 1.82) is 0 Å². The Hall–Kier alpha value is -3.42. The third-order valence-electron chi connectivity index (χ3n) is 3.86. The van der Waals surface area contributed by atoms with Crippen molar-refractivity contribution in [2.45, 2.75) is 26.3 Å². The van der Waals surface area contributed by atoms with E-state index >= 15 is 0 Å². The second-order valence-corrected chi connectivity index (χ2v) is 5.89. The normalized spacial score (nSPS) is 11.3. The van der Waals surface area contributed by atoms with E-state index in [2.05, 4.69) is 10.6 Å². The summed E-state index contributed by atoms with van der Waals surface area (Å²) in [7, 11) is 0. The first-order valence-corrected chi connectivity index (χ1v) is 8.48. The Kier molecular flexibility index (Phi) is 6.87. The molecule has 0 bridgehead atoms. The van der Waals surface area contributed by atoms with Crippen molar-refractivity contribution in [3.05, 3.63) is 64.2 Å². The number of rotatable bonds is 8. The van der Waals surface area contributed by atoms with Crippen LogP contribution in [-0.4, -0.2) is 29.4 Å². The number of nitro benzene ring substituents is 1. The van der Waals surface area contributed by atoms with Crippen LogP contribution in [0.2, 0.25) is 0 Å². The van der Waals surface area contributed by atoms with Gasteiger partial charge in [-0.3, -0.25) is 19.7 Å². The summed E-state index contributed by atoms with van der Waals surface area (Å²) in [5, 5.41) is 16.4. The highest BCUT2D eigenvalue weighted by molar-refractivity contribution is 6.04. The van der Waals surface area contributed by atoms with E-state index < -0.39 is 17.4 Å². The van der Waals surface area contributed by atoms with E-state index in [-0.39, 0.29) is 23.4 Å². The molecule has 8 heteroatoms. The third kappa shape index (κ3) is 5.53. The van der Waals surface area contributed by atoms with Gasteiger partial charge < -0.3 is 15.4 Å². The summed E-state index contributed by atoms with van der Waals surface area (Å²) in [5.74, 6) is -0.822. The van der Waals surface area contributed by atoms with Crippen molar-refractivity contribution in [2.24, 2.45) is 0 Å². The monoisotopic (exact) mass is 371 g/mol. The van der Waals surface area contributed by atoms with Gasteiger partial charge in [-0.15, -0.1) is 0 Å². The number of amides is 2. The van der Waals surface area contributed by atoms with Gasteiger partial charge in [-0.1, -0.05) is 31.2 Å². The molecule has 0 heterocycles. The van der Waals surface area contributed by atoms with Gasteiger partial charge in [0.05, 0.1) is 16.2 Å². The van der Waals surface area contributed by atoms with E-state index in [1.54, 1.807) is 30.3 Å². The summed E-state index contributed by atoms with van der Waals surface area (Å²) in [5.41, 5.74) is 0.449. The number of hydrogen-bond donors (Lipinski definition) is 2. The molecule has 2 aromatic carbocycles. The Morgan fingerprint density at radius 1 is 1.15 bits per heavy atom. The summed E-state index contributed by atoms with van der Waals surface area (Å²) in [6, 6.07) is 12.4. The number of nitrogens with zero attached hydrogens (tertiary/aromatic N) is 1. The molecule has 0 unspecified atom stereocenters. The number of carbonyl (C=O) groups is 2. The number of benzene rings is 2. The van der Waals surface area contributed by atoms with Gasteiger partial charge in [0.1, 0.15) is 0 Å². The van der Waals surface area contributed by atoms with Gasteiger partial charge in [0, 0.05) is 12.1 Å². The van der Waals surface area contributed by atoms with Gasteiger partial charge in [0.15, 0.2) is 12.4 Å². The van der Waals surface area contributed by atoms with E-state index in [4.69, 9.17) is 4.74 Å². The maximum absolute atomic E-state index is 12.3. The predicted molar refractivity (Wildman–Crippen MR) is 101 cm³/mol. The lowest BCUT2D eigenvalue weighted by Gasteiger charge is -2.14. The molecule has 0 fully saturated rings. The van der Waals surface area contributed by atoms with Crippen LogP contribution < -0.4 is 15.4 Å². The number of para-hydroxylation sites is 3. The summed E-state index contributed by atoms with van der Waals surface area (Å²) in [6.07, 6.45) is 0.782. The van der Waals surface area contributed by atoms with Crippen LogP contribution in [-0.2, 0) is 4.79 Å². The fourth-order valence-electron chi connectivity index (χ4n) is 2.25. The molecular weight excluding hydrogens is 350 g/mol. The molecule has 0 aliphatic carbocycles. The van der Waals surface area contributed by atoms with Crippen LogP contribution >= 0.6 is 0 Å². The first-order chi connectivity index (χ1) is 12.9. The number of carbonyl (C=O) groups excluding carboxylic acids is 2. The molecule has 142 valence electrons. The Labute approximate surface area is 156 Å². The van der Waals surface area contributed by atoms with E-state index in [1.807, 2.05) is 13.8 Å². The van der Waals surface area contributed by atoms with E-state index in [9.17, 15) is 19.7 Å². The van der Waals surface area contributed by atoms with E-state index in [0.717, 1.165) is 6.42 Å². The van der Waals surface area contributed by atoms with Crippen molar-refractivity contribution >= 4 is 23.2 Å². The molecule has 0 saturated heterocycles. The summed E-state index contributed by atoms with van der Waals surface area (Å²) in [6.45, 7) is 3.42. The highest BCUT2D eigenvalue weighted by atomic mass is 16.6. The highest BCUT2D eigenvalue weighted by Crippen LogP contribution is 2.25. The zero-order chi connectivity index (χ0) is 19.8. The number of nitro groups is 1. The van der Waals surface area contributed by atoms with E-state index in [1.165, 1.54) is 18.2 Å². The second kappa shape index (κ2) is 9.33. The molecule has 2 amide bonds. The Morgan fingerprint density at radius 2 is 1.81 bits per heavy atom. The number of nitrogens with one attached hydrogen (secondary N) is 2. The van der Waals surface area contributed by atoms with Crippen molar-refractivity contribution in [1.82, 2.24) is 5.32 Å². The smallest absolute Gasteiger partial charge is 0.310 e. The van der Waals surface area contributed by atoms with Crippen LogP contribution in [0.1, 0.15) is 30.6 Å². The van der Waals surface area contributed by atoms with Gasteiger partial charge in [-0.2, -0.15) is 0 Å². The SMILES string of the molecule is CC[C@H](C)NC(=O)c1ccccc1NC(=O)COc1ccccc1[N+](=O)[O-]. The second-order valence-electron chi connectivity index (χ2n) is 5.89. The largest absolute Gasteiger partial charge is 0.477 e. The Morgan fingerprint density at radius 3 is 2.52 bits per heavy atom. The fraction of sp³-hybridized carbons (Fsp3) is 0.263. The Balaban J connectivity index is 2.04. The minimum Gasteiger partial charge on any atom is -0.477 e. The molecular formula is C19H21N3O5. The van der Waals surface area contributed by atoms with Crippen molar-refractivity contribution in [3.8, 4) is 5.75 Å². The Bertz CT molecular complexity index is 838. The van der Waals surface area contributed by atoms with Crippen LogP contribution in [0.15, 0.2) is 48.5 Å². The topological polar surface area (TPSA) is 111 Å². The maximum Gasteiger partial charge on any atom is 0.310 e. The average molecular weight is 371 g/mol. The molecule has 27 heavy (non-hydrogen) atoms. The molecule has 2 rings (SSSR count). The zero-order valence-corrected chi connectivity index (χ0v) is 15.1. The van der Waals surface area contributed by atoms with Crippen molar-refractivity contribution in [3.63, 3.8) is 0 Å². The van der Waals surface area contributed by atoms with Crippen LogP contribution in [0, 0.1) is 10.1 Å². The zero-order valence-electron chi connectivity index (χ0n) is 15.1. The number of hydrogen-bond acceptors (Lipinski definition) is 5. The first kappa shape index (κ1) is 19.9. The summed E-state index contributed by atoms with van der Waals surface area (Å²) >= 11 is 0. The molecule has 0 spiro atoms. The van der Waals surface area contributed by atoms with E-state index in [0.29, 0.717) is 11.3 Å². The van der Waals surface area contributed by atoms with Gasteiger partial charge in [0.25, 0.3) is 11.8 Å². The van der Waals surface area contributed by atoms with Gasteiger partial charge >= 0.3 is 5.69 Å². The standard InChI is InChI=1S/C19H21N3O5/c1-3-13(2)20-19(24)14-8-4-5-9-15(14)21-18(23)12-27-17-11-7-6-10-16(17)22(25)26/h4-11,13H,3,12H2,1-2H3,(H,20,24)(H,21,23)/t13-/m0/s1. The maximum atomic E-state index is 12.3. The lowest BCUT2D eigenvalue weighted by Crippen LogP contribution is -2.33. The predicted octanol–water partition coefficient (Wildman–Crippen LogP) is 3.14. The minimum absolute atomic E-state index is 0.000416. The minimum atomic E-state index is -0.582. The average Bonchev–Trinajstić information content (AvgIpc) is 2.66. The molecule has 8 nitrogen and oxygen atoms in total. The number of anilines is 1. The van der Waals surface area contributed by atoms with Crippen LogP contribution in [0.4, 0.5) is 11.4 Å². The number of ether oxygens (including phenoxy) is 1. The van der Waals surface area contributed by atoms with Crippen LogP contribution in [0.3, 0.4) is 0 Å².